The van der Waals surface area contributed by atoms with E-state index in [2.05, 4.69) is 4.98 Å². The lowest BCUT2D eigenvalue weighted by molar-refractivity contribution is -0.137. The number of nitrogens with zero attached hydrogens (tertiary/aromatic N) is 1. The van der Waals surface area contributed by atoms with E-state index in [0.717, 1.165) is 11.8 Å². The molecule has 7 heteroatoms. The van der Waals surface area contributed by atoms with E-state index in [1.54, 1.807) is 31.7 Å². The topological polar surface area (TPSA) is 59.8 Å². The van der Waals surface area contributed by atoms with Gasteiger partial charge in [-0.2, -0.15) is 30.2 Å². The maximum atomic E-state index is 13.1. The number of rotatable bonds is 4. The smallest absolute Gasteiger partial charge is 0.383 e. The van der Waals surface area contributed by atoms with Gasteiger partial charge in [0, 0.05) is 16.7 Å². The Kier molecular flexibility index (Phi) is 4.69. The number of benzene rings is 1. The molecule has 0 aliphatic rings. The van der Waals surface area contributed by atoms with E-state index >= 15 is 0 Å². The maximum absolute atomic E-state index is 13.1. The highest BCUT2D eigenvalue weighted by molar-refractivity contribution is 7.99. The third-order valence-corrected chi connectivity index (χ3v) is 4.92. The Balaban J connectivity index is 2.65. The van der Waals surface area contributed by atoms with Crippen molar-refractivity contribution in [1.29, 1.82) is 5.26 Å². The largest absolute Gasteiger partial charge is 0.417 e. The van der Waals surface area contributed by atoms with Crippen LogP contribution < -0.4 is 0 Å². The van der Waals surface area contributed by atoms with E-state index in [-0.39, 0.29) is 5.52 Å². The van der Waals surface area contributed by atoms with Crippen molar-refractivity contribution in [3.8, 4) is 6.07 Å². The van der Waals surface area contributed by atoms with Gasteiger partial charge in [-0.05, 0) is 37.3 Å². The number of nitrogens with one attached hydrogen (secondary N) is 1. The number of hydrogen-bond donors (Lipinski definition) is 2. The molecule has 124 valence electrons. The molecule has 1 heterocycles. The van der Waals surface area contributed by atoms with Crippen molar-refractivity contribution in [1.82, 2.24) is 4.98 Å². The Morgan fingerprint density at radius 2 is 2.00 bits per heavy atom. The molecule has 1 aromatic carbocycles. The zero-order chi connectivity index (χ0) is 17.4. The van der Waals surface area contributed by atoms with Crippen LogP contribution in [0.3, 0.4) is 0 Å². The number of alkyl halides is 3. The quantitative estimate of drug-likeness (QED) is 0.869. The lowest BCUT2D eigenvalue weighted by atomic mass is 9.98. The van der Waals surface area contributed by atoms with E-state index in [4.69, 9.17) is 5.26 Å². The van der Waals surface area contributed by atoms with E-state index in [1.165, 1.54) is 6.07 Å². The van der Waals surface area contributed by atoms with Gasteiger partial charge in [0.2, 0.25) is 0 Å². The SMILES string of the molecule is CCSCC(C)(O)c1[nH]c2cc(C(F)(F)F)c(C#N)cc2c1C. The molecule has 1 unspecified atom stereocenters. The van der Waals surface area contributed by atoms with E-state index in [1.807, 2.05) is 6.92 Å². The second-order valence-electron chi connectivity index (χ2n) is 5.59. The Hall–Kier alpha value is -1.65. The first-order chi connectivity index (χ1) is 10.6. The van der Waals surface area contributed by atoms with Crippen LogP contribution in [0.4, 0.5) is 13.2 Å². The molecule has 2 aromatic rings. The molecule has 3 nitrogen and oxygen atoms in total. The lowest BCUT2D eigenvalue weighted by Gasteiger charge is -2.22. The first-order valence-electron chi connectivity index (χ1n) is 7.06. The van der Waals surface area contributed by atoms with Gasteiger partial charge < -0.3 is 10.1 Å². The van der Waals surface area contributed by atoms with Crippen molar-refractivity contribution >= 4 is 22.7 Å². The zero-order valence-electron chi connectivity index (χ0n) is 13.0. The molecule has 0 spiro atoms. The first-order valence-corrected chi connectivity index (χ1v) is 8.21. The Morgan fingerprint density at radius 3 is 2.52 bits per heavy atom. The fourth-order valence-electron chi connectivity index (χ4n) is 2.62. The van der Waals surface area contributed by atoms with Gasteiger partial charge in [0.1, 0.15) is 5.60 Å². The second kappa shape index (κ2) is 6.10. The number of H-pyrrole nitrogens is 1. The predicted octanol–water partition coefficient (Wildman–Crippen LogP) is 4.33. The number of nitriles is 1. The molecule has 0 aliphatic heterocycles. The first kappa shape index (κ1) is 17.7. The van der Waals surface area contributed by atoms with Crippen LogP contribution in [-0.4, -0.2) is 21.6 Å². The predicted molar refractivity (Wildman–Crippen MR) is 85.3 cm³/mol. The summed E-state index contributed by atoms with van der Waals surface area (Å²) < 4.78 is 39.2. The van der Waals surface area contributed by atoms with Crippen LogP contribution in [0.5, 0.6) is 0 Å². The lowest BCUT2D eigenvalue weighted by Crippen LogP contribution is -2.26. The number of aromatic nitrogens is 1. The second-order valence-corrected chi connectivity index (χ2v) is 6.86. The molecular formula is C16H17F3N2OS. The van der Waals surface area contributed by atoms with E-state index in [9.17, 15) is 18.3 Å². The summed E-state index contributed by atoms with van der Waals surface area (Å²) in [5.74, 6) is 1.25. The fourth-order valence-corrected chi connectivity index (χ4v) is 3.36. The molecule has 0 saturated carbocycles. The number of aromatic amines is 1. The maximum Gasteiger partial charge on any atom is 0.417 e. The van der Waals surface area contributed by atoms with Crippen LogP contribution in [0.15, 0.2) is 12.1 Å². The fraction of sp³-hybridized carbons (Fsp3) is 0.438. The standard InChI is InChI=1S/C16H17F3N2OS/c1-4-23-8-15(3,22)14-9(2)11-5-10(7-20)12(16(17,18)19)6-13(11)21-14/h5-6,21-22H,4,8H2,1-3H3. The summed E-state index contributed by atoms with van der Waals surface area (Å²) >= 11 is 1.54. The van der Waals surface area contributed by atoms with Crippen LogP contribution in [0.1, 0.15) is 36.2 Å². The third kappa shape index (κ3) is 3.33. The molecule has 1 atom stereocenters. The normalized spacial score (nSPS) is 14.7. The molecule has 0 saturated heterocycles. The highest BCUT2D eigenvalue weighted by atomic mass is 32.2. The highest BCUT2D eigenvalue weighted by Crippen LogP contribution is 2.37. The monoisotopic (exact) mass is 342 g/mol. The van der Waals surface area contributed by atoms with Gasteiger partial charge in [0.15, 0.2) is 0 Å². The number of fused-ring (bicyclic) bond motifs is 1. The Bertz CT molecular complexity index is 772. The Morgan fingerprint density at radius 1 is 1.35 bits per heavy atom. The minimum absolute atomic E-state index is 0.269. The molecule has 0 radical (unpaired) electrons. The minimum Gasteiger partial charge on any atom is -0.383 e. The number of aliphatic hydroxyl groups is 1. The van der Waals surface area contributed by atoms with Crippen molar-refractivity contribution in [3.63, 3.8) is 0 Å². The summed E-state index contributed by atoms with van der Waals surface area (Å²) in [6.45, 7) is 5.32. The van der Waals surface area contributed by atoms with Crippen LogP contribution in [-0.2, 0) is 11.8 Å². The summed E-state index contributed by atoms with van der Waals surface area (Å²) in [4.78, 5) is 2.90. The van der Waals surface area contributed by atoms with Gasteiger partial charge in [-0.3, -0.25) is 0 Å². The van der Waals surface area contributed by atoms with Crippen molar-refractivity contribution < 1.29 is 18.3 Å². The van der Waals surface area contributed by atoms with Crippen LogP contribution in [0.25, 0.3) is 10.9 Å². The summed E-state index contributed by atoms with van der Waals surface area (Å²) in [5.41, 5.74) is -1.16. The summed E-state index contributed by atoms with van der Waals surface area (Å²) in [6.07, 6.45) is -4.60. The molecule has 0 fully saturated rings. The molecule has 23 heavy (non-hydrogen) atoms. The zero-order valence-corrected chi connectivity index (χ0v) is 13.8. The number of halogens is 3. The van der Waals surface area contributed by atoms with Crippen LogP contribution in [0, 0.1) is 18.3 Å². The van der Waals surface area contributed by atoms with Gasteiger partial charge >= 0.3 is 6.18 Å². The molecule has 1 aromatic heterocycles. The number of hydrogen-bond acceptors (Lipinski definition) is 3. The van der Waals surface area contributed by atoms with Gasteiger partial charge in [-0.1, -0.05) is 6.92 Å². The van der Waals surface area contributed by atoms with Crippen molar-refractivity contribution in [2.45, 2.75) is 32.5 Å². The van der Waals surface area contributed by atoms with E-state index in [0.29, 0.717) is 22.4 Å². The van der Waals surface area contributed by atoms with Crippen LogP contribution in [0.2, 0.25) is 0 Å². The average molecular weight is 342 g/mol. The van der Waals surface area contributed by atoms with Crippen molar-refractivity contribution in [3.05, 3.63) is 34.5 Å². The van der Waals surface area contributed by atoms with E-state index < -0.39 is 22.9 Å². The molecule has 2 rings (SSSR count). The molecule has 2 N–H and O–H groups in total. The highest BCUT2D eigenvalue weighted by Gasteiger charge is 2.35. The minimum atomic E-state index is -4.60. The van der Waals surface area contributed by atoms with Crippen LogP contribution >= 0.6 is 11.8 Å². The molecular weight excluding hydrogens is 325 g/mol. The third-order valence-electron chi connectivity index (χ3n) is 3.75. The number of thioether (sulfide) groups is 1. The van der Waals surface area contributed by atoms with Crippen molar-refractivity contribution in [2.24, 2.45) is 0 Å². The summed E-state index contributed by atoms with van der Waals surface area (Å²) in [7, 11) is 0. The van der Waals surface area contributed by atoms with Gasteiger partial charge in [0.05, 0.1) is 22.9 Å². The molecule has 0 amide bonds. The molecule has 0 aliphatic carbocycles. The summed E-state index contributed by atoms with van der Waals surface area (Å²) in [5, 5.41) is 20.1. The van der Waals surface area contributed by atoms with Gasteiger partial charge in [-0.25, -0.2) is 0 Å². The van der Waals surface area contributed by atoms with Crippen molar-refractivity contribution in [2.75, 3.05) is 11.5 Å². The average Bonchev–Trinajstić information content (AvgIpc) is 2.80. The summed E-state index contributed by atoms with van der Waals surface area (Å²) in [6, 6.07) is 3.77. The number of aryl methyl sites for hydroxylation is 1. The Labute approximate surface area is 136 Å². The van der Waals surface area contributed by atoms with Gasteiger partial charge in [-0.15, -0.1) is 0 Å². The molecule has 0 bridgehead atoms. The van der Waals surface area contributed by atoms with Gasteiger partial charge in [0.25, 0.3) is 0 Å².